The van der Waals surface area contributed by atoms with Gasteiger partial charge in [-0.1, -0.05) is 29.3 Å². The van der Waals surface area contributed by atoms with Crippen molar-refractivity contribution in [1.29, 1.82) is 0 Å². The van der Waals surface area contributed by atoms with Gasteiger partial charge in [-0.15, -0.1) is 0 Å². The summed E-state index contributed by atoms with van der Waals surface area (Å²) >= 11 is 16.0. The second-order valence-corrected chi connectivity index (χ2v) is 12.2. The topological polar surface area (TPSA) is 65.1 Å². The van der Waals surface area contributed by atoms with Gasteiger partial charge < -0.3 is 19.1 Å². The van der Waals surface area contributed by atoms with Crippen molar-refractivity contribution >= 4 is 50.7 Å². The lowest BCUT2D eigenvalue weighted by Gasteiger charge is -2.44. The van der Waals surface area contributed by atoms with Crippen LogP contribution in [0, 0.1) is 0 Å². The zero-order valence-electron chi connectivity index (χ0n) is 23.4. The van der Waals surface area contributed by atoms with E-state index in [0.717, 1.165) is 72.3 Å². The van der Waals surface area contributed by atoms with E-state index in [4.69, 9.17) is 37.4 Å². The van der Waals surface area contributed by atoms with Crippen LogP contribution < -0.4 is 9.47 Å². The summed E-state index contributed by atoms with van der Waals surface area (Å²) in [5, 5.41) is 0.945. The molecule has 0 bridgehead atoms. The zero-order chi connectivity index (χ0) is 29.1. The summed E-state index contributed by atoms with van der Waals surface area (Å²) in [4.78, 5) is 29.5. The summed E-state index contributed by atoms with van der Waals surface area (Å²) in [6, 6.07) is 9.28. The van der Waals surface area contributed by atoms with E-state index in [1.165, 1.54) is 0 Å². The maximum atomic E-state index is 13.6. The third-order valence-corrected chi connectivity index (χ3v) is 9.18. The number of rotatable bonds is 10. The highest BCUT2D eigenvalue weighted by atomic mass is 79.9. The fourth-order valence-electron chi connectivity index (χ4n) is 6.13. The Morgan fingerprint density at radius 3 is 2.22 bits per heavy atom. The molecule has 2 aromatic carbocycles. The molecule has 218 valence electrons. The number of Topliss-reactive ketones (excluding diaryl/α,β-unsaturated/α-hetero) is 2. The predicted octanol–water partition coefficient (Wildman–Crippen LogP) is 8.18. The molecule has 0 unspecified atom stereocenters. The minimum absolute atomic E-state index is 0.118. The maximum Gasteiger partial charge on any atom is 0.175 e. The number of ether oxygens (including phenoxy) is 3. The van der Waals surface area contributed by atoms with Crippen molar-refractivity contribution in [3.05, 3.63) is 78.5 Å². The van der Waals surface area contributed by atoms with Crippen LogP contribution in [-0.2, 0) is 20.9 Å². The zero-order valence-corrected chi connectivity index (χ0v) is 26.5. The molecule has 0 radical (unpaired) electrons. The Morgan fingerprint density at radius 1 is 0.927 bits per heavy atom. The van der Waals surface area contributed by atoms with Gasteiger partial charge >= 0.3 is 0 Å². The van der Waals surface area contributed by atoms with E-state index in [-0.39, 0.29) is 18.2 Å². The predicted molar refractivity (Wildman–Crippen MR) is 164 cm³/mol. The van der Waals surface area contributed by atoms with Crippen LogP contribution in [0.4, 0.5) is 0 Å². The summed E-state index contributed by atoms with van der Waals surface area (Å²) in [5.41, 5.74) is 5.34. The first-order valence-electron chi connectivity index (χ1n) is 14.2. The van der Waals surface area contributed by atoms with Crippen LogP contribution in [0.5, 0.6) is 11.5 Å². The third-order valence-electron chi connectivity index (χ3n) is 7.85. The number of allylic oxidation sites excluding steroid dienone is 4. The van der Waals surface area contributed by atoms with Crippen molar-refractivity contribution < 1.29 is 23.8 Å². The van der Waals surface area contributed by atoms with Gasteiger partial charge in [0.15, 0.2) is 23.1 Å². The first-order valence-corrected chi connectivity index (χ1v) is 15.7. The standard InChI is InChI=1S/C32H34BrCl2NO5/c1-3-40-28-17-20(16-21(33)32(28)41-18-19-11-12-22(34)23(35)15-19)29-30-24(7-4-9-26(30)37)36(13-6-14-39-2)25-8-5-10-27(38)31(25)29/h11-12,15-17,29H,3-10,13-14,18H2,1-2H3. The lowest BCUT2D eigenvalue weighted by molar-refractivity contribution is -0.117. The smallest absolute Gasteiger partial charge is 0.175 e. The molecule has 3 aliphatic rings. The minimum Gasteiger partial charge on any atom is -0.490 e. The number of hydrogen-bond acceptors (Lipinski definition) is 6. The van der Waals surface area contributed by atoms with E-state index in [9.17, 15) is 9.59 Å². The highest BCUT2D eigenvalue weighted by Crippen LogP contribution is 2.51. The molecule has 0 saturated carbocycles. The van der Waals surface area contributed by atoms with Crippen LogP contribution in [0.25, 0.3) is 0 Å². The van der Waals surface area contributed by atoms with Crippen molar-refractivity contribution in [2.45, 2.75) is 64.4 Å². The fourth-order valence-corrected chi connectivity index (χ4v) is 7.02. The van der Waals surface area contributed by atoms with Gasteiger partial charge in [-0.05, 0) is 90.4 Å². The molecule has 0 aromatic heterocycles. The van der Waals surface area contributed by atoms with Crippen molar-refractivity contribution in [2.75, 3.05) is 26.9 Å². The summed E-state index contributed by atoms with van der Waals surface area (Å²) < 4.78 is 18.3. The van der Waals surface area contributed by atoms with E-state index in [1.54, 1.807) is 19.2 Å². The SMILES string of the molecule is CCOc1cc(C2C3=C(CCCC3=O)N(CCCOC)C3=C2C(=O)CCC3)cc(Br)c1OCc1ccc(Cl)c(Cl)c1. The van der Waals surface area contributed by atoms with Gasteiger partial charge in [0, 0.05) is 61.6 Å². The average molecular weight is 663 g/mol. The van der Waals surface area contributed by atoms with E-state index < -0.39 is 5.92 Å². The van der Waals surface area contributed by atoms with Crippen LogP contribution >= 0.6 is 39.1 Å². The van der Waals surface area contributed by atoms with Crippen LogP contribution in [0.2, 0.25) is 10.0 Å². The number of methoxy groups -OCH3 is 1. The molecule has 0 amide bonds. The maximum absolute atomic E-state index is 13.6. The molecule has 41 heavy (non-hydrogen) atoms. The number of ketones is 2. The molecule has 0 N–H and O–H groups in total. The van der Waals surface area contributed by atoms with Crippen molar-refractivity contribution in [1.82, 2.24) is 4.90 Å². The molecule has 2 aromatic rings. The highest BCUT2D eigenvalue weighted by molar-refractivity contribution is 9.10. The Morgan fingerprint density at radius 2 is 1.61 bits per heavy atom. The largest absolute Gasteiger partial charge is 0.490 e. The van der Waals surface area contributed by atoms with E-state index in [0.29, 0.717) is 52.1 Å². The molecule has 9 heteroatoms. The fraction of sp³-hybridized carbons (Fsp3) is 0.438. The van der Waals surface area contributed by atoms with Gasteiger partial charge in [0.2, 0.25) is 0 Å². The monoisotopic (exact) mass is 661 g/mol. The Hall–Kier alpha value is -2.32. The molecule has 0 spiro atoms. The highest BCUT2D eigenvalue weighted by Gasteiger charge is 2.43. The van der Waals surface area contributed by atoms with E-state index in [1.807, 2.05) is 25.1 Å². The van der Waals surface area contributed by atoms with Crippen LogP contribution in [0.3, 0.4) is 0 Å². The van der Waals surface area contributed by atoms with E-state index >= 15 is 0 Å². The second kappa shape index (κ2) is 13.3. The Balaban J connectivity index is 1.58. The molecule has 5 rings (SSSR count). The lowest BCUT2D eigenvalue weighted by atomic mass is 9.71. The van der Waals surface area contributed by atoms with Crippen molar-refractivity contribution in [3.63, 3.8) is 0 Å². The summed E-state index contributed by atoms with van der Waals surface area (Å²) in [6.07, 6.45) is 5.07. The van der Waals surface area contributed by atoms with Gasteiger partial charge in [0.25, 0.3) is 0 Å². The normalized spacial score (nSPS) is 17.6. The van der Waals surface area contributed by atoms with Gasteiger partial charge in [-0.3, -0.25) is 9.59 Å². The summed E-state index contributed by atoms with van der Waals surface area (Å²) in [6.45, 7) is 3.96. The molecule has 0 saturated heterocycles. The Bertz CT molecular complexity index is 1380. The van der Waals surface area contributed by atoms with Crippen LogP contribution in [0.1, 0.15) is 68.9 Å². The average Bonchev–Trinajstić information content (AvgIpc) is 2.95. The van der Waals surface area contributed by atoms with Crippen molar-refractivity contribution in [3.8, 4) is 11.5 Å². The number of carbonyl (C=O) groups excluding carboxylic acids is 2. The molecule has 0 fully saturated rings. The van der Waals surface area contributed by atoms with Crippen LogP contribution in [-0.4, -0.2) is 43.3 Å². The lowest BCUT2D eigenvalue weighted by Crippen LogP contribution is -2.39. The first-order chi connectivity index (χ1) is 19.8. The number of carbonyl (C=O) groups is 2. The van der Waals surface area contributed by atoms with Gasteiger partial charge in [-0.25, -0.2) is 0 Å². The molecular formula is C32H34BrCl2NO5. The molecule has 0 atom stereocenters. The number of halogens is 3. The third kappa shape index (κ3) is 6.24. The number of nitrogens with zero attached hydrogens (tertiary/aromatic N) is 1. The molecule has 2 aliphatic carbocycles. The Labute approximate surface area is 259 Å². The number of benzene rings is 2. The minimum atomic E-state index is -0.432. The van der Waals surface area contributed by atoms with Gasteiger partial charge in [0.05, 0.1) is 21.1 Å². The molecule has 1 heterocycles. The molecular weight excluding hydrogens is 629 g/mol. The van der Waals surface area contributed by atoms with Gasteiger partial charge in [-0.2, -0.15) is 0 Å². The quantitative estimate of drug-likeness (QED) is 0.239. The van der Waals surface area contributed by atoms with E-state index in [2.05, 4.69) is 20.8 Å². The second-order valence-electron chi connectivity index (χ2n) is 10.5. The Kier molecular flexibility index (Phi) is 9.80. The van der Waals surface area contributed by atoms with Gasteiger partial charge in [0.1, 0.15) is 6.61 Å². The van der Waals surface area contributed by atoms with Crippen LogP contribution in [0.15, 0.2) is 57.3 Å². The summed E-state index contributed by atoms with van der Waals surface area (Å²) in [7, 11) is 1.70. The summed E-state index contributed by atoms with van der Waals surface area (Å²) in [5.74, 6) is 0.903. The number of hydrogen-bond donors (Lipinski definition) is 0. The molecule has 6 nitrogen and oxygen atoms in total. The van der Waals surface area contributed by atoms with Crippen molar-refractivity contribution in [2.24, 2.45) is 0 Å². The first kappa shape index (κ1) is 30.1. The molecule has 1 aliphatic heterocycles.